The van der Waals surface area contributed by atoms with E-state index in [1.807, 2.05) is 12.4 Å². The van der Waals surface area contributed by atoms with E-state index in [2.05, 4.69) is 9.98 Å². The molecule has 2 nitrogen and oxygen atoms in total. The second-order valence-electron chi connectivity index (χ2n) is 3.37. The van der Waals surface area contributed by atoms with E-state index in [0.29, 0.717) is 12.1 Å². The van der Waals surface area contributed by atoms with Crippen LogP contribution in [0.15, 0.2) is 9.98 Å². The second kappa shape index (κ2) is 3.16. The summed E-state index contributed by atoms with van der Waals surface area (Å²) in [6.45, 7) is 0. The molecule has 2 rings (SSSR count). The van der Waals surface area contributed by atoms with E-state index < -0.39 is 0 Å². The Bertz CT molecular complexity index is 164. The zero-order valence-electron chi connectivity index (χ0n) is 6.74. The van der Waals surface area contributed by atoms with Crippen molar-refractivity contribution in [2.24, 2.45) is 9.98 Å². The van der Waals surface area contributed by atoms with Gasteiger partial charge < -0.3 is 0 Å². The molecule has 0 saturated heterocycles. The Morgan fingerprint density at radius 2 is 1.36 bits per heavy atom. The molecule has 0 spiro atoms. The van der Waals surface area contributed by atoms with Gasteiger partial charge in [0.25, 0.3) is 0 Å². The first kappa shape index (κ1) is 7.01. The van der Waals surface area contributed by atoms with Crippen LogP contribution in [0.5, 0.6) is 0 Å². The lowest BCUT2D eigenvalue weighted by Gasteiger charge is -2.19. The third kappa shape index (κ3) is 1.50. The normalized spacial score (nSPS) is 36.4. The third-order valence-electron chi connectivity index (χ3n) is 2.57. The van der Waals surface area contributed by atoms with Crippen LogP contribution in [0.4, 0.5) is 0 Å². The molecule has 1 aliphatic carbocycles. The lowest BCUT2D eigenvalue weighted by molar-refractivity contribution is 0.504. The highest BCUT2D eigenvalue weighted by Gasteiger charge is 2.22. The van der Waals surface area contributed by atoms with Crippen molar-refractivity contribution in [3.8, 4) is 0 Å². The molecule has 0 aromatic rings. The van der Waals surface area contributed by atoms with E-state index in [1.165, 1.54) is 32.1 Å². The fourth-order valence-corrected chi connectivity index (χ4v) is 1.91. The Morgan fingerprint density at radius 3 is 1.91 bits per heavy atom. The molecule has 2 atom stereocenters. The summed E-state index contributed by atoms with van der Waals surface area (Å²) in [4.78, 5) is 8.87. The smallest absolute Gasteiger partial charge is 0.0723 e. The summed E-state index contributed by atoms with van der Waals surface area (Å²) in [7, 11) is 0. The summed E-state index contributed by atoms with van der Waals surface area (Å²) in [6, 6.07) is 1.03. The monoisotopic (exact) mass is 150 g/mol. The van der Waals surface area contributed by atoms with E-state index in [0.717, 1.165) is 0 Å². The van der Waals surface area contributed by atoms with Crippen molar-refractivity contribution in [2.45, 2.75) is 44.2 Å². The van der Waals surface area contributed by atoms with Gasteiger partial charge in [0.05, 0.1) is 12.1 Å². The van der Waals surface area contributed by atoms with E-state index in [-0.39, 0.29) is 0 Å². The lowest BCUT2D eigenvalue weighted by atomic mass is 10.0. The maximum Gasteiger partial charge on any atom is 0.0723 e. The molecule has 0 N–H and O–H groups in total. The fourth-order valence-electron chi connectivity index (χ4n) is 1.91. The van der Waals surface area contributed by atoms with Crippen LogP contribution in [0.1, 0.15) is 32.1 Å². The van der Waals surface area contributed by atoms with Crippen molar-refractivity contribution >= 4 is 12.4 Å². The van der Waals surface area contributed by atoms with Crippen LogP contribution in [0.25, 0.3) is 0 Å². The van der Waals surface area contributed by atoms with Gasteiger partial charge in [-0.1, -0.05) is 19.3 Å². The zero-order chi connectivity index (χ0) is 7.52. The largest absolute Gasteiger partial charge is 0.286 e. The summed E-state index contributed by atoms with van der Waals surface area (Å²) >= 11 is 0. The number of rotatable bonds is 0. The topological polar surface area (TPSA) is 24.7 Å². The van der Waals surface area contributed by atoms with Crippen LogP contribution in [0, 0.1) is 0 Å². The number of fused-ring (bicyclic) bond motifs is 1. The van der Waals surface area contributed by atoms with Gasteiger partial charge in [0, 0.05) is 12.4 Å². The van der Waals surface area contributed by atoms with Crippen molar-refractivity contribution in [1.82, 2.24) is 0 Å². The Kier molecular flexibility index (Phi) is 2.01. The van der Waals surface area contributed by atoms with Crippen LogP contribution < -0.4 is 0 Å². The Hall–Kier alpha value is -0.660. The van der Waals surface area contributed by atoms with Gasteiger partial charge in [-0.2, -0.15) is 0 Å². The van der Waals surface area contributed by atoms with Crippen molar-refractivity contribution in [3.63, 3.8) is 0 Å². The van der Waals surface area contributed by atoms with Crippen molar-refractivity contribution in [3.05, 3.63) is 0 Å². The number of nitrogens with zero attached hydrogens (tertiary/aromatic N) is 2. The SMILES string of the molecule is C1=NC2CCCCCC2N=C1. The summed E-state index contributed by atoms with van der Waals surface area (Å²) < 4.78 is 0. The molecule has 0 bridgehead atoms. The average Bonchev–Trinajstić information content (AvgIpc) is 2.28. The molecule has 1 fully saturated rings. The minimum atomic E-state index is 0.516. The Balaban J connectivity index is 2.07. The van der Waals surface area contributed by atoms with Crippen molar-refractivity contribution in [1.29, 1.82) is 0 Å². The number of aliphatic imine (C=N–C) groups is 2. The molecule has 60 valence electrons. The highest BCUT2D eigenvalue weighted by atomic mass is 14.9. The Morgan fingerprint density at radius 1 is 0.818 bits per heavy atom. The number of hydrogen-bond acceptors (Lipinski definition) is 2. The molecule has 0 aromatic heterocycles. The van der Waals surface area contributed by atoms with Gasteiger partial charge >= 0.3 is 0 Å². The molecular formula is C9H14N2. The first-order valence-electron chi connectivity index (χ1n) is 4.52. The van der Waals surface area contributed by atoms with Crippen LogP contribution in [-0.2, 0) is 0 Å². The first-order valence-corrected chi connectivity index (χ1v) is 4.52. The van der Waals surface area contributed by atoms with Crippen molar-refractivity contribution < 1.29 is 0 Å². The highest BCUT2D eigenvalue weighted by Crippen LogP contribution is 2.23. The van der Waals surface area contributed by atoms with Gasteiger partial charge in [-0.25, -0.2) is 0 Å². The second-order valence-corrected chi connectivity index (χ2v) is 3.37. The quantitative estimate of drug-likeness (QED) is 0.503. The summed E-state index contributed by atoms with van der Waals surface area (Å²) in [5.41, 5.74) is 0. The maximum atomic E-state index is 4.44. The summed E-state index contributed by atoms with van der Waals surface area (Å²) in [6.07, 6.45) is 10.3. The molecule has 2 unspecified atom stereocenters. The third-order valence-corrected chi connectivity index (χ3v) is 2.57. The first-order chi connectivity index (χ1) is 5.47. The van der Waals surface area contributed by atoms with E-state index >= 15 is 0 Å². The predicted molar refractivity (Wildman–Crippen MR) is 47.6 cm³/mol. The van der Waals surface area contributed by atoms with Crippen LogP contribution in [0.2, 0.25) is 0 Å². The van der Waals surface area contributed by atoms with E-state index in [4.69, 9.17) is 0 Å². The molecule has 1 heterocycles. The van der Waals surface area contributed by atoms with Crippen molar-refractivity contribution in [2.75, 3.05) is 0 Å². The van der Waals surface area contributed by atoms with E-state index in [1.54, 1.807) is 0 Å². The van der Waals surface area contributed by atoms with Crippen LogP contribution in [0.3, 0.4) is 0 Å². The molecule has 0 aromatic carbocycles. The van der Waals surface area contributed by atoms with Gasteiger partial charge in [-0.05, 0) is 12.8 Å². The predicted octanol–water partition coefficient (Wildman–Crippen LogP) is 1.84. The zero-order valence-corrected chi connectivity index (χ0v) is 6.74. The highest BCUT2D eigenvalue weighted by molar-refractivity contribution is 6.16. The van der Waals surface area contributed by atoms with Gasteiger partial charge in [-0.15, -0.1) is 0 Å². The minimum Gasteiger partial charge on any atom is -0.286 e. The summed E-state index contributed by atoms with van der Waals surface area (Å²) in [5.74, 6) is 0. The van der Waals surface area contributed by atoms with Gasteiger partial charge in [0.15, 0.2) is 0 Å². The summed E-state index contributed by atoms with van der Waals surface area (Å²) in [5, 5.41) is 0. The molecule has 1 aliphatic heterocycles. The average molecular weight is 150 g/mol. The fraction of sp³-hybridized carbons (Fsp3) is 0.778. The molecule has 0 radical (unpaired) electrons. The van der Waals surface area contributed by atoms with Gasteiger partial charge in [-0.3, -0.25) is 9.98 Å². The lowest BCUT2D eigenvalue weighted by Crippen LogP contribution is -2.24. The van der Waals surface area contributed by atoms with Crippen LogP contribution >= 0.6 is 0 Å². The maximum absolute atomic E-state index is 4.44. The molecular weight excluding hydrogens is 136 g/mol. The molecule has 2 aliphatic rings. The Labute approximate surface area is 67.4 Å². The van der Waals surface area contributed by atoms with Gasteiger partial charge in [0.1, 0.15) is 0 Å². The van der Waals surface area contributed by atoms with E-state index in [9.17, 15) is 0 Å². The van der Waals surface area contributed by atoms with Crippen LogP contribution in [-0.4, -0.2) is 24.5 Å². The molecule has 2 heteroatoms. The molecule has 11 heavy (non-hydrogen) atoms. The standard InChI is InChI=1S/C9H14N2/c1-2-4-8-9(5-3-1)11-7-6-10-8/h6-9H,1-5H2. The minimum absolute atomic E-state index is 0.516. The molecule has 1 saturated carbocycles. The van der Waals surface area contributed by atoms with Gasteiger partial charge in [0.2, 0.25) is 0 Å². The number of hydrogen-bond donors (Lipinski definition) is 0. The molecule has 0 amide bonds.